The lowest BCUT2D eigenvalue weighted by molar-refractivity contribution is 0.374. The summed E-state index contributed by atoms with van der Waals surface area (Å²) in [7, 11) is 1.51. The average molecular weight is 372 g/mol. The van der Waals surface area contributed by atoms with Crippen molar-refractivity contribution in [2.75, 3.05) is 7.11 Å². The van der Waals surface area contributed by atoms with Crippen molar-refractivity contribution < 1.29 is 14.6 Å². The third-order valence-corrected chi connectivity index (χ3v) is 4.70. The first-order chi connectivity index (χ1) is 13.6. The fourth-order valence-electron chi connectivity index (χ4n) is 3.07. The number of phenolic OH excluding ortho intramolecular Hbond substituents is 1. The number of ether oxygens (including phenoxy) is 2. The van der Waals surface area contributed by atoms with Gasteiger partial charge in [-0.3, -0.25) is 4.98 Å². The highest BCUT2D eigenvalue weighted by molar-refractivity contribution is 5.88. The Labute approximate surface area is 163 Å². The summed E-state index contributed by atoms with van der Waals surface area (Å²) in [6.45, 7) is 4.00. The molecule has 0 saturated carbocycles. The molecule has 0 bridgehead atoms. The van der Waals surface area contributed by atoms with Gasteiger partial charge in [0.1, 0.15) is 11.4 Å². The highest BCUT2D eigenvalue weighted by atomic mass is 16.5. The molecule has 0 saturated heterocycles. The molecule has 2 heterocycles. The van der Waals surface area contributed by atoms with E-state index >= 15 is 0 Å². The van der Waals surface area contributed by atoms with Crippen molar-refractivity contribution in [3.63, 3.8) is 0 Å². The van der Waals surface area contributed by atoms with Crippen molar-refractivity contribution in [2.45, 2.75) is 13.8 Å². The Morgan fingerprint density at radius 3 is 2.43 bits per heavy atom. The van der Waals surface area contributed by atoms with Crippen LogP contribution in [0.2, 0.25) is 0 Å². The molecular weight excluding hydrogens is 352 g/mol. The highest BCUT2D eigenvalue weighted by Gasteiger charge is 2.15. The van der Waals surface area contributed by atoms with Gasteiger partial charge in [-0.05, 0) is 37.6 Å². The monoisotopic (exact) mass is 372 g/mol. The Kier molecular flexibility index (Phi) is 4.57. The van der Waals surface area contributed by atoms with Gasteiger partial charge in [-0.15, -0.1) is 0 Å². The highest BCUT2D eigenvalue weighted by Crippen LogP contribution is 2.39. The maximum absolute atomic E-state index is 10.0. The maximum Gasteiger partial charge on any atom is 0.161 e. The standard InChI is InChI=1S/C23H20N2O3/c1-14-11-22(23(25-15(14)2)16-7-5-4-6-8-16)28-20-9-10-24-18-13-19(26)21(27-3)12-17(18)20/h4-13,26H,1-3H3. The van der Waals surface area contributed by atoms with E-state index in [4.69, 9.17) is 14.5 Å². The molecule has 0 aliphatic carbocycles. The van der Waals surface area contributed by atoms with E-state index in [0.29, 0.717) is 22.8 Å². The molecule has 0 atom stereocenters. The zero-order chi connectivity index (χ0) is 19.7. The number of fused-ring (bicyclic) bond motifs is 1. The van der Waals surface area contributed by atoms with E-state index in [-0.39, 0.29) is 5.75 Å². The van der Waals surface area contributed by atoms with Crippen LogP contribution >= 0.6 is 0 Å². The van der Waals surface area contributed by atoms with Crippen molar-refractivity contribution >= 4 is 10.9 Å². The maximum atomic E-state index is 10.0. The number of aryl methyl sites for hydroxylation is 2. The molecule has 0 unspecified atom stereocenters. The van der Waals surface area contributed by atoms with Gasteiger partial charge in [0.2, 0.25) is 0 Å². The second-order valence-electron chi connectivity index (χ2n) is 6.56. The van der Waals surface area contributed by atoms with Crippen LogP contribution in [0, 0.1) is 13.8 Å². The molecule has 5 nitrogen and oxygen atoms in total. The van der Waals surface area contributed by atoms with Crippen LogP contribution in [-0.2, 0) is 0 Å². The van der Waals surface area contributed by atoms with Gasteiger partial charge < -0.3 is 14.6 Å². The number of hydrogen-bond donors (Lipinski definition) is 1. The molecule has 2 aromatic heterocycles. The van der Waals surface area contributed by atoms with E-state index in [1.54, 1.807) is 24.4 Å². The molecule has 0 fully saturated rings. The van der Waals surface area contributed by atoms with Crippen LogP contribution in [-0.4, -0.2) is 22.2 Å². The Morgan fingerprint density at radius 2 is 1.68 bits per heavy atom. The minimum absolute atomic E-state index is 0.0393. The first kappa shape index (κ1) is 17.8. The molecule has 4 rings (SSSR count). The van der Waals surface area contributed by atoms with E-state index < -0.39 is 0 Å². The number of aromatic nitrogens is 2. The summed E-state index contributed by atoms with van der Waals surface area (Å²) in [5.41, 5.74) is 4.38. The van der Waals surface area contributed by atoms with Crippen molar-refractivity contribution in [1.29, 1.82) is 0 Å². The largest absolute Gasteiger partial charge is 0.504 e. The molecule has 0 aliphatic rings. The minimum Gasteiger partial charge on any atom is -0.504 e. The van der Waals surface area contributed by atoms with Crippen molar-refractivity contribution in [3.05, 3.63) is 72.1 Å². The lowest BCUT2D eigenvalue weighted by Gasteiger charge is -2.15. The summed E-state index contributed by atoms with van der Waals surface area (Å²) < 4.78 is 11.6. The number of methoxy groups -OCH3 is 1. The van der Waals surface area contributed by atoms with Crippen LogP contribution < -0.4 is 9.47 Å². The minimum atomic E-state index is 0.0393. The summed E-state index contributed by atoms with van der Waals surface area (Å²) in [6, 6.07) is 17.0. The van der Waals surface area contributed by atoms with Crippen LogP contribution in [0.5, 0.6) is 23.0 Å². The van der Waals surface area contributed by atoms with E-state index in [2.05, 4.69) is 4.98 Å². The van der Waals surface area contributed by atoms with Crippen molar-refractivity contribution in [3.8, 4) is 34.3 Å². The normalized spacial score (nSPS) is 10.8. The molecule has 4 aromatic rings. The second-order valence-corrected chi connectivity index (χ2v) is 6.56. The van der Waals surface area contributed by atoms with Crippen LogP contribution in [0.3, 0.4) is 0 Å². The molecule has 0 aliphatic heterocycles. The topological polar surface area (TPSA) is 64.5 Å². The molecule has 0 spiro atoms. The number of aromatic hydroxyl groups is 1. The van der Waals surface area contributed by atoms with Gasteiger partial charge in [0, 0.05) is 28.9 Å². The Balaban J connectivity index is 1.87. The molecular formula is C23H20N2O3. The quantitative estimate of drug-likeness (QED) is 0.518. The Bertz CT molecular complexity index is 1160. The summed E-state index contributed by atoms with van der Waals surface area (Å²) in [6.07, 6.45) is 1.65. The van der Waals surface area contributed by atoms with Gasteiger partial charge in [-0.2, -0.15) is 0 Å². The predicted octanol–water partition coefficient (Wildman–Crippen LogP) is 5.42. The van der Waals surface area contributed by atoms with Gasteiger partial charge in [0.15, 0.2) is 17.2 Å². The molecule has 1 N–H and O–H groups in total. The first-order valence-electron chi connectivity index (χ1n) is 8.94. The molecule has 5 heteroatoms. The summed E-state index contributed by atoms with van der Waals surface area (Å²) in [5.74, 6) is 1.68. The zero-order valence-electron chi connectivity index (χ0n) is 15.9. The molecule has 0 amide bonds. The van der Waals surface area contributed by atoms with Crippen LogP contribution in [0.25, 0.3) is 22.2 Å². The SMILES string of the molecule is COc1cc2c(Oc3cc(C)c(C)nc3-c3ccccc3)ccnc2cc1O. The number of hydrogen-bond acceptors (Lipinski definition) is 5. The summed E-state index contributed by atoms with van der Waals surface area (Å²) >= 11 is 0. The molecule has 140 valence electrons. The Morgan fingerprint density at radius 1 is 0.893 bits per heavy atom. The van der Waals surface area contributed by atoms with Gasteiger partial charge in [0.05, 0.1) is 12.6 Å². The van der Waals surface area contributed by atoms with Crippen LogP contribution in [0.15, 0.2) is 60.8 Å². The van der Waals surface area contributed by atoms with Gasteiger partial charge in [0.25, 0.3) is 0 Å². The average Bonchev–Trinajstić information content (AvgIpc) is 2.71. The van der Waals surface area contributed by atoms with Crippen molar-refractivity contribution in [2.24, 2.45) is 0 Å². The Hall–Kier alpha value is -3.60. The van der Waals surface area contributed by atoms with E-state index in [0.717, 1.165) is 27.9 Å². The van der Waals surface area contributed by atoms with Crippen molar-refractivity contribution in [1.82, 2.24) is 9.97 Å². The zero-order valence-corrected chi connectivity index (χ0v) is 15.9. The number of nitrogens with zero attached hydrogens (tertiary/aromatic N) is 2. The second kappa shape index (κ2) is 7.19. The molecule has 0 radical (unpaired) electrons. The first-order valence-corrected chi connectivity index (χ1v) is 8.94. The van der Waals surface area contributed by atoms with E-state index in [1.165, 1.54) is 7.11 Å². The van der Waals surface area contributed by atoms with Gasteiger partial charge in [-0.25, -0.2) is 4.98 Å². The van der Waals surface area contributed by atoms with Crippen LogP contribution in [0.1, 0.15) is 11.3 Å². The summed E-state index contributed by atoms with van der Waals surface area (Å²) in [5, 5.41) is 10.8. The lowest BCUT2D eigenvalue weighted by atomic mass is 10.1. The van der Waals surface area contributed by atoms with E-state index in [9.17, 15) is 5.11 Å². The molecule has 2 aromatic carbocycles. The summed E-state index contributed by atoms with van der Waals surface area (Å²) in [4.78, 5) is 9.08. The number of pyridine rings is 2. The fraction of sp³-hybridized carbons (Fsp3) is 0.130. The van der Waals surface area contributed by atoms with Crippen LogP contribution in [0.4, 0.5) is 0 Å². The molecule has 28 heavy (non-hydrogen) atoms. The number of phenols is 1. The van der Waals surface area contributed by atoms with E-state index in [1.807, 2.05) is 50.2 Å². The van der Waals surface area contributed by atoms with Gasteiger partial charge >= 0.3 is 0 Å². The smallest absolute Gasteiger partial charge is 0.161 e. The number of rotatable bonds is 4. The third-order valence-electron chi connectivity index (χ3n) is 4.70. The number of benzene rings is 2. The predicted molar refractivity (Wildman–Crippen MR) is 109 cm³/mol. The van der Waals surface area contributed by atoms with Gasteiger partial charge in [-0.1, -0.05) is 30.3 Å². The third kappa shape index (κ3) is 3.22. The lowest BCUT2D eigenvalue weighted by Crippen LogP contribution is -1.97. The fourth-order valence-corrected chi connectivity index (χ4v) is 3.07.